The summed E-state index contributed by atoms with van der Waals surface area (Å²) in [7, 11) is 0. The Hall–Kier alpha value is -5.62. The highest BCUT2D eigenvalue weighted by Gasteiger charge is 2.31. The van der Waals surface area contributed by atoms with Crippen LogP contribution in [0.1, 0.15) is 60.3 Å². The van der Waals surface area contributed by atoms with Crippen molar-refractivity contribution in [3.8, 4) is 17.1 Å². The van der Waals surface area contributed by atoms with Gasteiger partial charge in [-0.15, -0.1) is 0 Å². The zero-order valence-electron chi connectivity index (χ0n) is 22.5. The van der Waals surface area contributed by atoms with Crippen molar-refractivity contribution in [2.45, 2.75) is 26.4 Å². The van der Waals surface area contributed by atoms with Crippen LogP contribution in [0.3, 0.4) is 0 Å². The Morgan fingerprint density at radius 3 is 1.67 bits per heavy atom. The molecule has 0 saturated heterocycles. The average Bonchev–Trinajstić information content (AvgIpc) is 3.44. The quantitative estimate of drug-likeness (QED) is 0.164. The molecule has 6 N–H and O–H groups in total. The lowest BCUT2D eigenvalue weighted by Gasteiger charge is -2.17. The molecule has 2 heterocycles. The molecule has 214 valence electrons. The number of aromatic nitrogens is 4. The summed E-state index contributed by atoms with van der Waals surface area (Å²) in [6, 6.07) is 16.0. The summed E-state index contributed by atoms with van der Waals surface area (Å²) in [5.41, 5.74) is 1.14. The highest BCUT2D eigenvalue weighted by Crippen LogP contribution is 2.34. The van der Waals surface area contributed by atoms with Gasteiger partial charge in [0.15, 0.2) is 0 Å². The van der Waals surface area contributed by atoms with Crippen molar-refractivity contribution in [2.24, 2.45) is 0 Å². The smallest absolute Gasteiger partial charge is 0.335 e. The van der Waals surface area contributed by atoms with E-state index in [1.807, 2.05) is 0 Å². The van der Waals surface area contributed by atoms with Gasteiger partial charge < -0.3 is 20.4 Å². The number of aryl methyl sites for hydroxylation is 2. The zero-order chi connectivity index (χ0) is 30.3. The molecule has 5 rings (SSSR count). The van der Waals surface area contributed by atoms with Crippen molar-refractivity contribution in [1.29, 1.82) is 0 Å². The van der Waals surface area contributed by atoms with Crippen LogP contribution in [0.5, 0.6) is 5.75 Å². The molecule has 2 aromatic heterocycles. The van der Waals surface area contributed by atoms with Crippen LogP contribution in [0, 0.1) is 13.8 Å². The first-order valence-electron chi connectivity index (χ1n) is 12.7. The lowest BCUT2D eigenvalue weighted by Crippen LogP contribution is -2.25. The van der Waals surface area contributed by atoms with E-state index in [-0.39, 0.29) is 44.9 Å². The SMILES string of the molecule is Cc1[nH]n(-c2cccc(C(=O)O)c2)c(=O)c1C(c1ccc(O)c(CO)c1)c1c(C)[nH]n(-c2cccc(C(=O)O)c2)c1=O. The summed E-state index contributed by atoms with van der Waals surface area (Å²) < 4.78 is 2.38. The normalized spacial score (nSPS) is 11.2. The molecule has 0 amide bonds. The average molecular weight is 571 g/mol. The number of nitrogens with zero attached hydrogens (tertiary/aromatic N) is 2. The standard InChI is InChI=1S/C30H26N4O8/c1-15-24(27(37)33(31-15)21-7-3-5-18(12-21)29(39)40)26(17-9-10-23(36)20(11-17)14-35)25-16(2)32-34(28(25)38)22-8-4-6-19(13-22)30(41)42/h3-13,26,31-32,35-36H,14H2,1-2H3,(H,39,40)(H,41,42). The zero-order valence-corrected chi connectivity index (χ0v) is 22.5. The van der Waals surface area contributed by atoms with E-state index in [1.54, 1.807) is 32.0 Å². The van der Waals surface area contributed by atoms with Crippen molar-refractivity contribution in [1.82, 2.24) is 19.6 Å². The molecular formula is C30H26N4O8. The maximum atomic E-state index is 14.0. The Labute approximate surface area is 237 Å². The van der Waals surface area contributed by atoms with Gasteiger partial charge in [-0.25, -0.2) is 19.0 Å². The molecule has 12 nitrogen and oxygen atoms in total. The molecule has 42 heavy (non-hydrogen) atoms. The van der Waals surface area contributed by atoms with E-state index in [4.69, 9.17) is 0 Å². The Morgan fingerprint density at radius 1 is 0.762 bits per heavy atom. The molecule has 0 atom stereocenters. The molecule has 0 unspecified atom stereocenters. The summed E-state index contributed by atoms with van der Waals surface area (Å²) in [4.78, 5) is 51.1. The summed E-state index contributed by atoms with van der Waals surface area (Å²) in [6.45, 7) is 2.79. The van der Waals surface area contributed by atoms with Crippen LogP contribution >= 0.6 is 0 Å². The third-order valence-electron chi connectivity index (χ3n) is 7.12. The second-order valence-corrected chi connectivity index (χ2v) is 9.77. The minimum absolute atomic E-state index is 0.0242. The van der Waals surface area contributed by atoms with E-state index in [1.165, 1.54) is 57.9 Å². The number of aliphatic hydroxyl groups is 1. The number of carbonyl (C=O) groups is 2. The molecule has 0 bridgehead atoms. The van der Waals surface area contributed by atoms with Gasteiger partial charge in [-0.2, -0.15) is 0 Å². The molecule has 0 fully saturated rings. The van der Waals surface area contributed by atoms with Crippen molar-refractivity contribution in [3.05, 3.63) is 132 Å². The second-order valence-electron chi connectivity index (χ2n) is 9.77. The van der Waals surface area contributed by atoms with Gasteiger partial charge in [-0.05, 0) is 67.9 Å². The van der Waals surface area contributed by atoms with Gasteiger partial charge in [0.1, 0.15) is 5.75 Å². The minimum Gasteiger partial charge on any atom is -0.508 e. The number of rotatable bonds is 8. The van der Waals surface area contributed by atoms with Crippen molar-refractivity contribution in [2.75, 3.05) is 0 Å². The lowest BCUT2D eigenvalue weighted by molar-refractivity contribution is 0.0686. The third-order valence-corrected chi connectivity index (χ3v) is 7.12. The Balaban J connectivity index is 1.77. The van der Waals surface area contributed by atoms with Crippen LogP contribution in [0.4, 0.5) is 0 Å². The van der Waals surface area contributed by atoms with Crippen LogP contribution in [0.15, 0.2) is 76.3 Å². The van der Waals surface area contributed by atoms with Crippen LogP contribution in [0.25, 0.3) is 11.4 Å². The topological polar surface area (TPSA) is 191 Å². The summed E-state index contributed by atoms with van der Waals surface area (Å²) >= 11 is 0. The largest absolute Gasteiger partial charge is 0.508 e. The Bertz CT molecular complexity index is 1860. The first-order chi connectivity index (χ1) is 20.0. The van der Waals surface area contributed by atoms with Gasteiger partial charge in [0.05, 0.1) is 40.2 Å². The van der Waals surface area contributed by atoms with Crippen LogP contribution < -0.4 is 11.1 Å². The number of aliphatic hydroxyl groups excluding tert-OH is 1. The molecule has 5 aromatic rings. The molecule has 0 radical (unpaired) electrons. The molecule has 0 saturated carbocycles. The number of aromatic amines is 2. The first kappa shape index (κ1) is 27.9. The summed E-state index contributed by atoms with van der Waals surface area (Å²) in [6.07, 6.45) is 0. The highest BCUT2D eigenvalue weighted by molar-refractivity contribution is 5.88. The molecule has 3 aromatic carbocycles. The fraction of sp³-hybridized carbons (Fsp3) is 0.133. The van der Waals surface area contributed by atoms with Crippen LogP contribution in [0.2, 0.25) is 0 Å². The molecule has 12 heteroatoms. The molecule has 0 aliphatic heterocycles. The predicted molar refractivity (Wildman–Crippen MR) is 151 cm³/mol. The van der Waals surface area contributed by atoms with E-state index < -0.39 is 35.6 Å². The van der Waals surface area contributed by atoms with Gasteiger partial charge in [-0.3, -0.25) is 19.8 Å². The van der Waals surface area contributed by atoms with Crippen LogP contribution in [-0.2, 0) is 6.61 Å². The van der Waals surface area contributed by atoms with Gasteiger partial charge in [0.25, 0.3) is 11.1 Å². The fourth-order valence-corrected chi connectivity index (χ4v) is 5.11. The van der Waals surface area contributed by atoms with Crippen molar-refractivity contribution >= 4 is 11.9 Å². The summed E-state index contributed by atoms with van der Waals surface area (Å²) in [5.74, 6) is -3.50. The monoisotopic (exact) mass is 570 g/mol. The maximum absolute atomic E-state index is 14.0. The Kier molecular flexibility index (Phi) is 7.15. The third kappa shape index (κ3) is 4.80. The van der Waals surface area contributed by atoms with Gasteiger partial charge in [0.2, 0.25) is 0 Å². The van der Waals surface area contributed by atoms with E-state index in [0.29, 0.717) is 17.0 Å². The van der Waals surface area contributed by atoms with Gasteiger partial charge in [0, 0.05) is 22.9 Å². The number of carboxylic acid groups (broad SMARTS) is 2. The number of H-pyrrole nitrogens is 2. The predicted octanol–water partition coefficient (Wildman–Crippen LogP) is 3.04. The van der Waals surface area contributed by atoms with Gasteiger partial charge >= 0.3 is 11.9 Å². The van der Waals surface area contributed by atoms with Crippen molar-refractivity contribution < 1.29 is 30.0 Å². The first-order valence-corrected chi connectivity index (χ1v) is 12.7. The van der Waals surface area contributed by atoms with Gasteiger partial charge in [-0.1, -0.05) is 18.2 Å². The molecule has 0 aliphatic carbocycles. The Morgan fingerprint density at radius 2 is 1.24 bits per heavy atom. The number of benzene rings is 3. The summed E-state index contributed by atoms with van der Waals surface area (Å²) in [5, 5.41) is 44.9. The second kappa shape index (κ2) is 10.7. The number of hydrogen-bond donors (Lipinski definition) is 6. The minimum atomic E-state index is -1.16. The van der Waals surface area contributed by atoms with Crippen LogP contribution in [-0.4, -0.2) is 51.9 Å². The number of hydrogen-bond acceptors (Lipinski definition) is 6. The van der Waals surface area contributed by atoms with E-state index in [2.05, 4.69) is 10.2 Å². The molecule has 0 aliphatic rings. The highest BCUT2D eigenvalue weighted by atomic mass is 16.4. The maximum Gasteiger partial charge on any atom is 0.335 e. The fourth-order valence-electron chi connectivity index (χ4n) is 5.11. The molecular weight excluding hydrogens is 544 g/mol. The number of phenols is 1. The van der Waals surface area contributed by atoms with E-state index in [0.717, 1.165) is 0 Å². The van der Waals surface area contributed by atoms with E-state index >= 15 is 0 Å². The lowest BCUT2D eigenvalue weighted by atomic mass is 9.84. The number of nitrogens with one attached hydrogen (secondary N) is 2. The molecule has 0 spiro atoms. The van der Waals surface area contributed by atoms with Crippen molar-refractivity contribution in [3.63, 3.8) is 0 Å². The number of aromatic carboxylic acids is 2. The number of aromatic hydroxyl groups is 1. The number of carboxylic acids is 2. The van der Waals surface area contributed by atoms with E-state index in [9.17, 15) is 39.6 Å².